The molecule has 0 aliphatic heterocycles. The average Bonchev–Trinajstić information content (AvgIpc) is 2.41. The first kappa shape index (κ1) is 14.6. The third kappa shape index (κ3) is 3.41. The minimum atomic E-state index is -4.54. The lowest BCUT2D eigenvalue weighted by Crippen LogP contribution is -2.13. The number of nitrogens with one attached hydrogen (secondary N) is 1. The second kappa shape index (κ2) is 5.31. The molecule has 8 heteroatoms. The topological polar surface area (TPSA) is 88.2 Å². The molecule has 0 unspecified atom stereocenters. The van der Waals surface area contributed by atoms with E-state index in [1.807, 2.05) is 0 Å². The Morgan fingerprint density at radius 1 is 1.24 bits per heavy atom. The predicted molar refractivity (Wildman–Crippen MR) is 69.7 cm³/mol. The molecule has 0 spiro atoms. The number of carbonyl (C=O) groups excluding carboxylic acids is 1. The number of phenolic OH excluding ortho intramolecular Hbond substituents is 1. The Morgan fingerprint density at radius 3 is 2.48 bits per heavy atom. The average molecular weight is 297 g/mol. The zero-order chi connectivity index (χ0) is 15.6. The lowest BCUT2D eigenvalue weighted by molar-refractivity contribution is -0.141. The Bertz CT molecular complexity index is 669. The molecule has 110 valence electrons. The Morgan fingerprint density at radius 2 is 1.95 bits per heavy atom. The van der Waals surface area contributed by atoms with Gasteiger partial charge in [-0.15, -0.1) is 0 Å². The summed E-state index contributed by atoms with van der Waals surface area (Å²) >= 11 is 0. The fourth-order valence-electron chi connectivity index (χ4n) is 1.52. The zero-order valence-electron chi connectivity index (χ0n) is 10.5. The Kier molecular flexibility index (Phi) is 3.70. The quantitative estimate of drug-likeness (QED) is 0.587. The van der Waals surface area contributed by atoms with Gasteiger partial charge in [0.2, 0.25) is 0 Å². The molecule has 0 fully saturated rings. The molecule has 0 saturated carbocycles. The van der Waals surface area contributed by atoms with Gasteiger partial charge in [-0.2, -0.15) is 13.2 Å². The summed E-state index contributed by atoms with van der Waals surface area (Å²) in [5, 5.41) is 11.8. The van der Waals surface area contributed by atoms with Gasteiger partial charge in [0.05, 0.1) is 17.6 Å². The van der Waals surface area contributed by atoms with Crippen LogP contribution in [0.2, 0.25) is 0 Å². The van der Waals surface area contributed by atoms with E-state index in [4.69, 9.17) is 5.73 Å². The van der Waals surface area contributed by atoms with Gasteiger partial charge in [0, 0.05) is 5.56 Å². The number of nitrogens with two attached hydrogens (primary N) is 1. The molecule has 0 saturated heterocycles. The van der Waals surface area contributed by atoms with Crippen molar-refractivity contribution in [2.45, 2.75) is 6.18 Å². The SMILES string of the molecule is Nc1ccc(C(=O)Nc2ccc(C(F)(F)F)nc2)cc1O. The number of aromatic hydroxyl groups is 1. The van der Waals surface area contributed by atoms with Crippen molar-refractivity contribution in [3.8, 4) is 5.75 Å². The lowest BCUT2D eigenvalue weighted by atomic mass is 10.1. The number of aromatic nitrogens is 1. The van der Waals surface area contributed by atoms with E-state index in [1.165, 1.54) is 12.1 Å². The van der Waals surface area contributed by atoms with E-state index >= 15 is 0 Å². The molecule has 1 aromatic heterocycles. The lowest BCUT2D eigenvalue weighted by Gasteiger charge is -2.08. The third-order valence-corrected chi connectivity index (χ3v) is 2.60. The largest absolute Gasteiger partial charge is 0.506 e. The number of alkyl halides is 3. The van der Waals surface area contributed by atoms with Crippen LogP contribution in [-0.4, -0.2) is 16.0 Å². The standard InChI is InChI=1S/C13H10F3N3O2/c14-13(15,16)11-4-2-8(6-18-11)19-12(21)7-1-3-9(17)10(20)5-7/h1-6,20H,17H2,(H,19,21). The molecule has 1 amide bonds. The van der Waals surface area contributed by atoms with Gasteiger partial charge in [0.15, 0.2) is 0 Å². The maximum atomic E-state index is 12.3. The number of nitrogen functional groups attached to an aromatic ring is 1. The number of rotatable bonds is 2. The van der Waals surface area contributed by atoms with Crippen molar-refractivity contribution < 1.29 is 23.1 Å². The molecule has 0 bridgehead atoms. The summed E-state index contributed by atoms with van der Waals surface area (Å²) in [7, 11) is 0. The highest BCUT2D eigenvalue weighted by atomic mass is 19.4. The molecule has 2 aromatic rings. The smallest absolute Gasteiger partial charge is 0.433 e. The van der Waals surface area contributed by atoms with Crippen molar-refractivity contribution >= 4 is 17.3 Å². The van der Waals surface area contributed by atoms with Gasteiger partial charge in [0.1, 0.15) is 11.4 Å². The van der Waals surface area contributed by atoms with Crippen LogP contribution in [0.4, 0.5) is 24.5 Å². The Balaban J connectivity index is 2.14. The van der Waals surface area contributed by atoms with Crippen molar-refractivity contribution in [1.82, 2.24) is 4.98 Å². The number of benzene rings is 1. The summed E-state index contributed by atoms with van der Waals surface area (Å²) in [6, 6.07) is 5.72. The van der Waals surface area contributed by atoms with Crippen molar-refractivity contribution in [2.24, 2.45) is 0 Å². The molecule has 0 aliphatic carbocycles. The van der Waals surface area contributed by atoms with Crippen LogP contribution in [0, 0.1) is 0 Å². The molecule has 1 aromatic carbocycles. The first-order valence-corrected chi connectivity index (χ1v) is 5.70. The van der Waals surface area contributed by atoms with E-state index in [1.54, 1.807) is 0 Å². The number of pyridine rings is 1. The van der Waals surface area contributed by atoms with E-state index in [-0.39, 0.29) is 22.7 Å². The van der Waals surface area contributed by atoms with Gasteiger partial charge >= 0.3 is 6.18 Å². The first-order chi connectivity index (χ1) is 9.77. The van der Waals surface area contributed by atoms with Crippen molar-refractivity contribution in [1.29, 1.82) is 0 Å². The van der Waals surface area contributed by atoms with Gasteiger partial charge in [-0.3, -0.25) is 4.79 Å². The molecule has 0 atom stereocenters. The molecule has 0 aliphatic rings. The monoisotopic (exact) mass is 297 g/mol. The fourth-order valence-corrected chi connectivity index (χ4v) is 1.52. The van der Waals surface area contributed by atoms with E-state index in [2.05, 4.69) is 10.3 Å². The van der Waals surface area contributed by atoms with Crippen LogP contribution in [0.1, 0.15) is 16.1 Å². The Hall–Kier alpha value is -2.77. The molecule has 0 radical (unpaired) electrons. The number of nitrogens with zero attached hydrogens (tertiary/aromatic N) is 1. The molecule has 5 nitrogen and oxygen atoms in total. The number of phenols is 1. The van der Waals surface area contributed by atoms with Crippen molar-refractivity contribution in [3.05, 3.63) is 47.8 Å². The van der Waals surface area contributed by atoms with Gasteiger partial charge in [0.25, 0.3) is 5.91 Å². The molecular weight excluding hydrogens is 287 g/mol. The van der Waals surface area contributed by atoms with Gasteiger partial charge in [-0.05, 0) is 30.3 Å². The van der Waals surface area contributed by atoms with Crippen LogP contribution in [0.5, 0.6) is 5.75 Å². The second-order valence-electron chi connectivity index (χ2n) is 4.16. The molecule has 1 heterocycles. The minimum Gasteiger partial charge on any atom is -0.506 e. The molecule has 21 heavy (non-hydrogen) atoms. The highest BCUT2D eigenvalue weighted by Gasteiger charge is 2.32. The summed E-state index contributed by atoms with van der Waals surface area (Å²) < 4.78 is 37.0. The highest BCUT2D eigenvalue weighted by Crippen LogP contribution is 2.28. The van der Waals surface area contributed by atoms with E-state index in [0.29, 0.717) is 0 Å². The summed E-state index contributed by atoms with van der Waals surface area (Å²) in [4.78, 5) is 15.1. The van der Waals surface area contributed by atoms with Crippen LogP contribution in [0.15, 0.2) is 36.5 Å². The number of hydrogen-bond donors (Lipinski definition) is 3. The number of amides is 1. The predicted octanol–water partition coefficient (Wildman–Crippen LogP) is 2.64. The minimum absolute atomic E-state index is 0.101. The third-order valence-electron chi connectivity index (χ3n) is 2.60. The second-order valence-corrected chi connectivity index (χ2v) is 4.16. The summed E-state index contributed by atoms with van der Waals surface area (Å²) in [6.45, 7) is 0. The first-order valence-electron chi connectivity index (χ1n) is 5.70. The number of halogens is 3. The number of anilines is 2. The van der Waals surface area contributed by atoms with E-state index in [0.717, 1.165) is 24.4 Å². The number of hydrogen-bond acceptors (Lipinski definition) is 4. The zero-order valence-corrected chi connectivity index (χ0v) is 10.5. The van der Waals surface area contributed by atoms with Crippen LogP contribution >= 0.6 is 0 Å². The van der Waals surface area contributed by atoms with Crippen LogP contribution in [-0.2, 0) is 6.18 Å². The van der Waals surface area contributed by atoms with E-state index < -0.39 is 17.8 Å². The summed E-state index contributed by atoms with van der Waals surface area (Å²) in [5.74, 6) is -0.861. The van der Waals surface area contributed by atoms with Gasteiger partial charge < -0.3 is 16.2 Å². The van der Waals surface area contributed by atoms with Crippen LogP contribution in [0.3, 0.4) is 0 Å². The van der Waals surface area contributed by atoms with E-state index in [9.17, 15) is 23.1 Å². The maximum Gasteiger partial charge on any atom is 0.433 e. The van der Waals surface area contributed by atoms with Crippen LogP contribution in [0.25, 0.3) is 0 Å². The van der Waals surface area contributed by atoms with Gasteiger partial charge in [-0.1, -0.05) is 0 Å². The van der Waals surface area contributed by atoms with Gasteiger partial charge in [-0.25, -0.2) is 4.98 Å². The van der Waals surface area contributed by atoms with Crippen molar-refractivity contribution in [3.63, 3.8) is 0 Å². The molecular formula is C13H10F3N3O2. The Labute approximate surface area is 117 Å². The fraction of sp³-hybridized carbons (Fsp3) is 0.0769. The highest BCUT2D eigenvalue weighted by molar-refractivity contribution is 6.04. The van der Waals surface area contributed by atoms with Crippen LogP contribution < -0.4 is 11.1 Å². The molecule has 2 rings (SSSR count). The summed E-state index contributed by atoms with van der Waals surface area (Å²) in [5.41, 5.74) is 4.68. The summed E-state index contributed by atoms with van der Waals surface area (Å²) in [6.07, 6.45) is -3.64. The normalized spacial score (nSPS) is 11.2. The maximum absolute atomic E-state index is 12.3. The van der Waals surface area contributed by atoms with Crippen molar-refractivity contribution in [2.75, 3.05) is 11.1 Å². The molecule has 4 N–H and O–H groups in total. The number of carbonyl (C=O) groups is 1.